The van der Waals surface area contributed by atoms with Crippen molar-refractivity contribution in [3.63, 3.8) is 0 Å². The van der Waals surface area contributed by atoms with Crippen molar-refractivity contribution in [2.75, 3.05) is 10.8 Å². The highest BCUT2D eigenvalue weighted by Gasteiger charge is 2.28. The molecule has 6 nitrogen and oxygen atoms in total. The van der Waals surface area contributed by atoms with Crippen LogP contribution in [-0.4, -0.2) is 26.6 Å². The van der Waals surface area contributed by atoms with Crippen LogP contribution in [0, 0.1) is 10.5 Å². The van der Waals surface area contributed by atoms with Gasteiger partial charge in [0.15, 0.2) is 0 Å². The third-order valence-corrected chi connectivity index (χ3v) is 7.64. The number of nitrogens with zero attached hydrogens (tertiary/aromatic N) is 2. The van der Waals surface area contributed by atoms with E-state index in [-0.39, 0.29) is 4.90 Å². The molecule has 0 aromatic heterocycles. The van der Waals surface area contributed by atoms with Crippen LogP contribution in [0.25, 0.3) is 0 Å². The quantitative estimate of drug-likeness (QED) is 0.236. The molecule has 0 heterocycles. The van der Waals surface area contributed by atoms with Crippen LogP contribution in [0.5, 0.6) is 0 Å². The van der Waals surface area contributed by atoms with Crippen molar-refractivity contribution < 1.29 is 13.2 Å². The molecule has 0 fully saturated rings. The number of hydrogen-bond donors (Lipinski definition) is 1. The second-order valence-corrected chi connectivity index (χ2v) is 10.7. The molecule has 1 N–H and O–H groups in total. The highest BCUT2D eigenvalue weighted by molar-refractivity contribution is 14.1. The number of anilines is 1. The highest BCUT2D eigenvalue weighted by Crippen LogP contribution is 2.27. The van der Waals surface area contributed by atoms with E-state index < -0.39 is 22.5 Å². The van der Waals surface area contributed by atoms with Crippen LogP contribution in [0.4, 0.5) is 5.69 Å². The first-order valence-electron chi connectivity index (χ1n) is 10.5. The van der Waals surface area contributed by atoms with Gasteiger partial charge in [-0.05, 0) is 84.3 Å². The maximum Gasteiger partial charge on any atom is 0.264 e. The Morgan fingerprint density at radius 1 is 1.00 bits per heavy atom. The van der Waals surface area contributed by atoms with Crippen molar-refractivity contribution in [2.24, 2.45) is 5.10 Å². The lowest BCUT2D eigenvalue weighted by molar-refractivity contribution is -0.119. The van der Waals surface area contributed by atoms with Gasteiger partial charge in [-0.2, -0.15) is 5.10 Å². The maximum atomic E-state index is 13.5. The van der Waals surface area contributed by atoms with E-state index in [0.29, 0.717) is 17.8 Å². The Kier molecular flexibility index (Phi) is 8.25. The summed E-state index contributed by atoms with van der Waals surface area (Å²) in [7, 11) is -3.97. The van der Waals surface area contributed by atoms with Crippen molar-refractivity contribution in [1.82, 2.24) is 5.43 Å². The zero-order valence-electron chi connectivity index (χ0n) is 18.7. The Hall–Kier alpha value is -2.72. The summed E-state index contributed by atoms with van der Waals surface area (Å²) in [6, 6.07) is 21.5. The smallest absolute Gasteiger partial charge is 0.264 e. The number of rotatable bonds is 8. The number of aryl methyl sites for hydroxylation is 2. The van der Waals surface area contributed by atoms with E-state index in [0.717, 1.165) is 24.6 Å². The molecule has 3 rings (SSSR count). The number of hydrazone groups is 1. The van der Waals surface area contributed by atoms with Crippen LogP contribution >= 0.6 is 22.6 Å². The molecule has 0 bridgehead atoms. The third-order valence-electron chi connectivity index (χ3n) is 5.15. The Balaban J connectivity index is 1.91. The van der Waals surface area contributed by atoms with Crippen LogP contribution in [0.1, 0.15) is 30.5 Å². The van der Waals surface area contributed by atoms with Crippen molar-refractivity contribution in [3.8, 4) is 0 Å². The number of para-hydroxylation sites is 1. The number of hydrogen-bond acceptors (Lipinski definition) is 4. The molecule has 0 saturated carbocycles. The summed E-state index contributed by atoms with van der Waals surface area (Å²) in [5, 5.41) is 4.17. The average Bonchev–Trinajstić information content (AvgIpc) is 2.81. The minimum atomic E-state index is -3.97. The van der Waals surface area contributed by atoms with Gasteiger partial charge in [-0.15, -0.1) is 0 Å². The third kappa shape index (κ3) is 6.20. The molecule has 0 radical (unpaired) electrons. The van der Waals surface area contributed by atoms with Crippen molar-refractivity contribution in [1.29, 1.82) is 0 Å². The summed E-state index contributed by atoms with van der Waals surface area (Å²) in [5.41, 5.74) is 6.27. The van der Waals surface area contributed by atoms with E-state index in [2.05, 4.69) is 33.1 Å². The number of carbonyl (C=O) groups is 1. The van der Waals surface area contributed by atoms with E-state index in [1.807, 2.05) is 50.2 Å². The largest absolute Gasteiger partial charge is 0.271 e. The Morgan fingerprint density at radius 2 is 1.64 bits per heavy atom. The van der Waals surface area contributed by atoms with Gasteiger partial charge >= 0.3 is 0 Å². The van der Waals surface area contributed by atoms with Crippen LogP contribution in [0.3, 0.4) is 0 Å². The molecular weight excluding hydrogens is 549 g/mol. The molecule has 0 unspecified atom stereocenters. The summed E-state index contributed by atoms with van der Waals surface area (Å²) in [5.74, 6) is -0.526. The second kappa shape index (κ2) is 10.9. The monoisotopic (exact) mass is 575 g/mol. The van der Waals surface area contributed by atoms with E-state index in [1.54, 1.807) is 43.3 Å². The summed E-state index contributed by atoms with van der Waals surface area (Å²) in [6.45, 7) is 5.23. The molecule has 0 aliphatic heterocycles. The highest BCUT2D eigenvalue weighted by atomic mass is 127. The summed E-state index contributed by atoms with van der Waals surface area (Å²) in [6.07, 6.45) is 0.627. The van der Waals surface area contributed by atoms with Gasteiger partial charge in [0, 0.05) is 3.57 Å². The van der Waals surface area contributed by atoms with E-state index >= 15 is 0 Å². The normalized spacial score (nSPS) is 11.8. The second-order valence-electron chi connectivity index (χ2n) is 7.55. The van der Waals surface area contributed by atoms with Crippen LogP contribution in [-0.2, 0) is 21.2 Å². The Labute approximate surface area is 208 Å². The topological polar surface area (TPSA) is 78.8 Å². The summed E-state index contributed by atoms with van der Waals surface area (Å²) < 4.78 is 29.3. The first kappa shape index (κ1) is 24.9. The number of halogens is 1. The van der Waals surface area contributed by atoms with Gasteiger partial charge in [0.25, 0.3) is 15.9 Å². The maximum absolute atomic E-state index is 13.5. The molecule has 172 valence electrons. The molecule has 3 aromatic carbocycles. The lowest BCUT2D eigenvalue weighted by Gasteiger charge is -2.26. The predicted octanol–water partition coefficient (Wildman–Crippen LogP) is 4.90. The fourth-order valence-corrected chi connectivity index (χ4v) is 5.08. The first-order valence-corrected chi connectivity index (χ1v) is 13.0. The van der Waals surface area contributed by atoms with Gasteiger partial charge in [-0.25, -0.2) is 13.8 Å². The number of amides is 1. The summed E-state index contributed by atoms with van der Waals surface area (Å²) in [4.78, 5) is 13.0. The average molecular weight is 575 g/mol. The van der Waals surface area contributed by atoms with Gasteiger partial charge in [0.2, 0.25) is 0 Å². The SMILES string of the molecule is CCc1ccccc1N(CC(=O)N/N=C(/C)c1ccc(I)cc1)S(=O)(=O)c1ccc(C)cc1. The lowest BCUT2D eigenvalue weighted by Crippen LogP contribution is -2.40. The van der Waals surface area contributed by atoms with Gasteiger partial charge < -0.3 is 0 Å². The molecule has 33 heavy (non-hydrogen) atoms. The first-order chi connectivity index (χ1) is 15.7. The van der Waals surface area contributed by atoms with E-state index in [9.17, 15) is 13.2 Å². The number of sulfonamides is 1. The minimum absolute atomic E-state index is 0.130. The Morgan fingerprint density at radius 3 is 2.27 bits per heavy atom. The Bertz CT molecular complexity index is 1250. The molecule has 0 aliphatic rings. The molecule has 0 atom stereocenters. The van der Waals surface area contributed by atoms with Crippen LogP contribution in [0.15, 0.2) is 82.8 Å². The predicted molar refractivity (Wildman–Crippen MR) is 141 cm³/mol. The van der Waals surface area contributed by atoms with Gasteiger partial charge in [-0.1, -0.05) is 55.0 Å². The number of nitrogens with one attached hydrogen (secondary N) is 1. The van der Waals surface area contributed by atoms with E-state index in [4.69, 9.17) is 0 Å². The number of benzene rings is 3. The molecule has 8 heteroatoms. The number of carbonyl (C=O) groups excluding carboxylic acids is 1. The molecular formula is C25H26IN3O3S. The zero-order chi connectivity index (χ0) is 24.0. The molecule has 3 aromatic rings. The standard InChI is InChI=1S/C25H26IN3O3S/c1-4-20-7-5-6-8-24(20)29(33(31,32)23-15-9-18(2)10-16-23)17-25(30)28-27-19(3)21-11-13-22(26)14-12-21/h5-16H,4,17H2,1-3H3,(H,28,30)/b27-19-. The summed E-state index contributed by atoms with van der Waals surface area (Å²) >= 11 is 2.22. The van der Waals surface area contributed by atoms with Gasteiger partial charge in [0.05, 0.1) is 16.3 Å². The fourth-order valence-electron chi connectivity index (χ4n) is 3.26. The fraction of sp³-hybridized carbons (Fsp3) is 0.200. The van der Waals surface area contributed by atoms with Crippen molar-refractivity contribution >= 4 is 49.9 Å². The van der Waals surface area contributed by atoms with Crippen LogP contribution < -0.4 is 9.73 Å². The zero-order valence-corrected chi connectivity index (χ0v) is 21.7. The minimum Gasteiger partial charge on any atom is -0.271 e. The molecule has 0 aliphatic carbocycles. The van der Waals surface area contributed by atoms with Crippen molar-refractivity contribution in [3.05, 3.63) is 93.1 Å². The molecule has 0 spiro atoms. The van der Waals surface area contributed by atoms with Crippen molar-refractivity contribution in [2.45, 2.75) is 32.1 Å². The molecule has 0 saturated heterocycles. The van der Waals surface area contributed by atoms with Gasteiger partial charge in [-0.3, -0.25) is 9.10 Å². The van der Waals surface area contributed by atoms with Crippen LogP contribution in [0.2, 0.25) is 0 Å². The lowest BCUT2D eigenvalue weighted by atomic mass is 10.1. The molecule has 1 amide bonds. The van der Waals surface area contributed by atoms with Gasteiger partial charge in [0.1, 0.15) is 6.54 Å². The van der Waals surface area contributed by atoms with E-state index in [1.165, 1.54) is 0 Å².